The van der Waals surface area contributed by atoms with Gasteiger partial charge in [0.15, 0.2) is 0 Å². The van der Waals surface area contributed by atoms with Crippen molar-refractivity contribution in [2.24, 2.45) is 5.73 Å². The number of hydrogen-bond acceptors (Lipinski definition) is 3. The zero-order valence-corrected chi connectivity index (χ0v) is 11.4. The highest BCUT2D eigenvalue weighted by Gasteiger charge is 2.10. The fourth-order valence-corrected chi connectivity index (χ4v) is 1.73. The van der Waals surface area contributed by atoms with E-state index in [2.05, 4.69) is 5.32 Å². The van der Waals surface area contributed by atoms with Gasteiger partial charge in [-0.05, 0) is 37.5 Å². The first-order chi connectivity index (χ1) is 8.50. The molecule has 0 saturated carbocycles. The van der Waals surface area contributed by atoms with Crippen LogP contribution in [0.25, 0.3) is 0 Å². The van der Waals surface area contributed by atoms with E-state index >= 15 is 0 Å². The van der Waals surface area contributed by atoms with Gasteiger partial charge in [0.25, 0.3) is 5.91 Å². The largest absolute Gasteiger partial charge is 0.507 e. The molecule has 0 saturated heterocycles. The first-order valence-electron chi connectivity index (χ1n) is 5.55. The molecule has 0 aliphatic rings. The molecule has 0 aromatic heterocycles. The second-order valence-electron chi connectivity index (χ2n) is 3.84. The summed E-state index contributed by atoms with van der Waals surface area (Å²) in [7, 11) is 0. The predicted octanol–water partition coefficient (Wildman–Crippen LogP) is 2.23. The van der Waals surface area contributed by atoms with E-state index in [0.29, 0.717) is 23.0 Å². The van der Waals surface area contributed by atoms with Gasteiger partial charge in [0.05, 0.1) is 10.6 Å². The summed E-state index contributed by atoms with van der Waals surface area (Å²) in [6, 6.07) is 4.38. The highest BCUT2D eigenvalue weighted by Crippen LogP contribution is 2.21. The summed E-state index contributed by atoms with van der Waals surface area (Å²) in [5.41, 5.74) is 5.57. The second kappa shape index (κ2) is 7.18. The first-order valence-corrected chi connectivity index (χ1v) is 6.34. The number of rotatable bonds is 6. The highest BCUT2D eigenvalue weighted by atomic mass is 35.5. The maximum atomic E-state index is 11.7. The monoisotopic (exact) mass is 286 g/mol. The summed E-state index contributed by atoms with van der Waals surface area (Å²) >= 11 is 10.4. The van der Waals surface area contributed by atoms with Crippen LogP contribution in [-0.4, -0.2) is 22.5 Å². The topological polar surface area (TPSA) is 75.3 Å². The average Bonchev–Trinajstić information content (AvgIpc) is 2.27. The van der Waals surface area contributed by atoms with Gasteiger partial charge in [-0.1, -0.05) is 23.8 Å². The fourth-order valence-electron chi connectivity index (χ4n) is 1.42. The molecule has 98 valence electrons. The van der Waals surface area contributed by atoms with E-state index in [1.807, 2.05) is 0 Å². The number of carbonyl (C=O) groups excluding carboxylic acids is 1. The van der Waals surface area contributed by atoms with Crippen LogP contribution < -0.4 is 11.1 Å². The average molecular weight is 287 g/mol. The summed E-state index contributed by atoms with van der Waals surface area (Å²) in [6.45, 7) is 0.517. The van der Waals surface area contributed by atoms with E-state index in [4.69, 9.17) is 29.6 Å². The number of hydrogen-bond donors (Lipinski definition) is 3. The number of phenols is 1. The minimum atomic E-state index is -0.320. The van der Waals surface area contributed by atoms with E-state index in [1.54, 1.807) is 6.07 Å². The van der Waals surface area contributed by atoms with Gasteiger partial charge >= 0.3 is 0 Å². The third-order valence-electron chi connectivity index (χ3n) is 2.34. The lowest BCUT2D eigenvalue weighted by Gasteiger charge is -2.06. The third-order valence-corrected chi connectivity index (χ3v) is 2.78. The molecular formula is C12H15ClN2O2S. The fraction of sp³-hybridized carbons (Fsp3) is 0.333. The summed E-state index contributed by atoms with van der Waals surface area (Å²) in [5, 5.41) is 12.7. The smallest absolute Gasteiger partial charge is 0.255 e. The Balaban J connectivity index is 2.39. The first kappa shape index (κ1) is 14.7. The van der Waals surface area contributed by atoms with Gasteiger partial charge in [0.2, 0.25) is 0 Å². The molecular weight excluding hydrogens is 272 g/mol. The van der Waals surface area contributed by atoms with Crippen LogP contribution in [0.4, 0.5) is 0 Å². The maximum Gasteiger partial charge on any atom is 0.255 e. The normalized spacial score (nSPS) is 10.1. The lowest BCUT2D eigenvalue weighted by Crippen LogP contribution is -2.24. The lowest BCUT2D eigenvalue weighted by atomic mass is 10.2. The van der Waals surface area contributed by atoms with Crippen LogP contribution in [0.15, 0.2) is 18.2 Å². The zero-order chi connectivity index (χ0) is 13.5. The lowest BCUT2D eigenvalue weighted by molar-refractivity contribution is 0.0950. The van der Waals surface area contributed by atoms with Crippen LogP contribution in [0.2, 0.25) is 5.02 Å². The molecule has 0 atom stereocenters. The molecule has 18 heavy (non-hydrogen) atoms. The minimum absolute atomic E-state index is 0.122. The number of aromatic hydroxyl groups is 1. The number of nitrogens with one attached hydrogen (secondary N) is 1. The third kappa shape index (κ3) is 4.89. The van der Waals surface area contributed by atoms with E-state index in [-0.39, 0.29) is 17.2 Å². The molecule has 1 aromatic carbocycles. The summed E-state index contributed by atoms with van der Waals surface area (Å²) in [5.74, 6) is -0.442. The van der Waals surface area contributed by atoms with Crippen molar-refractivity contribution in [3.63, 3.8) is 0 Å². The van der Waals surface area contributed by atoms with Crippen molar-refractivity contribution < 1.29 is 9.90 Å². The van der Waals surface area contributed by atoms with Crippen molar-refractivity contribution in [2.45, 2.75) is 19.3 Å². The van der Waals surface area contributed by atoms with Crippen LogP contribution in [0.1, 0.15) is 29.6 Å². The van der Waals surface area contributed by atoms with Crippen LogP contribution >= 0.6 is 23.8 Å². The van der Waals surface area contributed by atoms with Crippen molar-refractivity contribution >= 4 is 34.7 Å². The number of unbranched alkanes of at least 4 members (excludes halogenated alkanes) is 1. The van der Waals surface area contributed by atoms with Crippen molar-refractivity contribution in [1.82, 2.24) is 5.32 Å². The summed E-state index contributed by atoms with van der Waals surface area (Å²) < 4.78 is 0. The quantitative estimate of drug-likeness (QED) is 0.554. The molecule has 0 aliphatic carbocycles. The number of phenolic OH excluding ortho intramolecular Hbond substituents is 1. The van der Waals surface area contributed by atoms with Crippen LogP contribution in [0, 0.1) is 0 Å². The van der Waals surface area contributed by atoms with E-state index in [1.165, 1.54) is 12.1 Å². The number of halogens is 1. The van der Waals surface area contributed by atoms with Gasteiger partial charge in [-0.15, -0.1) is 0 Å². The Morgan fingerprint density at radius 3 is 2.78 bits per heavy atom. The molecule has 0 radical (unpaired) electrons. The van der Waals surface area contributed by atoms with Gasteiger partial charge in [0, 0.05) is 11.6 Å². The molecule has 4 N–H and O–H groups in total. The van der Waals surface area contributed by atoms with Crippen molar-refractivity contribution in [2.75, 3.05) is 6.54 Å². The Labute approximate surface area is 116 Å². The molecule has 1 rings (SSSR count). The second-order valence-corrected chi connectivity index (χ2v) is 4.80. The Morgan fingerprint density at radius 2 is 2.17 bits per heavy atom. The molecule has 1 aromatic rings. The summed E-state index contributed by atoms with van der Waals surface area (Å²) in [6.07, 6.45) is 2.30. The SMILES string of the molecule is NC(=S)CCCCNC(=O)c1ccc(Cl)cc1O. The van der Waals surface area contributed by atoms with Gasteiger partial charge in [-0.2, -0.15) is 0 Å². The van der Waals surface area contributed by atoms with Gasteiger partial charge in [-0.25, -0.2) is 0 Å². The van der Waals surface area contributed by atoms with Crippen molar-refractivity contribution in [3.8, 4) is 5.75 Å². The number of thiocarbonyl (C=S) groups is 1. The van der Waals surface area contributed by atoms with Gasteiger partial charge in [0.1, 0.15) is 5.75 Å². The van der Waals surface area contributed by atoms with Gasteiger partial charge < -0.3 is 16.2 Å². The molecule has 1 amide bonds. The van der Waals surface area contributed by atoms with Crippen molar-refractivity contribution in [3.05, 3.63) is 28.8 Å². The standard InChI is InChI=1S/C12H15ClN2O2S/c13-8-4-5-9(10(16)7-8)12(17)15-6-2-1-3-11(14)18/h4-5,7,16H,1-3,6H2,(H2,14,18)(H,15,17). The summed E-state index contributed by atoms with van der Waals surface area (Å²) in [4.78, 5) is 12.2. The molecule has 6 heteroatoms. The Kier molecular flexibility index (Phi) is 5.88. The van der Waals surface area contributed by atoms with E-state index < -0.39 is 0 Å². The zero-order valence-electron chi connectivity index (χ0n) is 9.78. The molecule has 0 heterocycles. The Bertz CT molecular complexity index is 452. The van der Waals surface area contributed by atoms with Crippen LogP contribution in [0.5, 0.6) is 5.75 Å². The highest BCUT2D eigenvalue weighted by molar-refractivity contribution is 7.80. The van der Waals surface area contributed by atoms with Crippen molar-refractivity contribution in [1.29, 1.82) is 0 Å². The number of amides is 1. The van der Waals surface area contributed by atoms with Crippen LogP contribution in [0.3, 0.4) is 0 Å². The number of carbonyl (C=O) groups is 1. The van der Waals surface area contributed by atoms with E-state index in [9.17, 15) is 9.90 Å². The molecule has 0 aliphatic heterocycles. The molecule has 0 spiro atoms. The maximum absolute atomic E-state index is 11.7. The van der Waals surface area contributed by atoms with Crippen LogP contribution in [-0.2, 0) is 0 Å². The molecule has 0 fully saturated rings. The molecule has 0 unspecified atom stereocenters. The number of benzene rings is 1. The van der Waals surface area contributed by atoms with Gasteiger partial charge in [-0.3, -0.25) is 4.79 Å². The Morgan fingerprint density at radius 1 is 1.44 bits per heavy atom. The number of nitrogens with two attached hydrogens (primary N) is 1. The molecule has 0 bridgehead atoms. The minimum Gasteiger partial charge on any atom is -0.507 e. The predicted molar refractivity (Wildman–Crippen MR) is 76.1 cm³/mol. The van der Waals surface area contributed by atoms with E-state index in [0.717, 1.165) is 12.8 Å². The molecule has 4 nitrogen and oxygen atoms in total. The Hall–Kier alpha value is -1.33.